The fraction of sp³-hybridized carbons (Fsp3) is 0.167. The van der Waals surface area contributed by atoms with E-state index in [2.05, 4.69) is 5.10 Å². The van der Waals surface area contributed by atoms with E-state index in [1.54, 1.807) is 12.1 Å². The van der Waals surface area contributed by atoms with Gasteiger partial charge < -0.3 is 10.2 Å². The molecule has 17 heavy (non-hydrogen) atoms. The Hall–Kier alpha value is -2.14. The van der Waals surface area contributed by atoms with Gasteiger partial charge in [0.25, 0.3) is 5.56 Å². The minimum atomic E-state index is -0.440. The Balaban J connectivity index is 2.63. The van der Waals surface area contributed by atoms with Gasteiger partial charge in [0.1, 0.15) is 11.4 Å². The number of aliphatic hydroxyl groups excluding tert-OH is 1. The van der Waals surface area contributed by atoms with Gasteiger partial charge >= 0.3 is 0 Å². The molecule has 0 bridgehead atoms. The predicted octanol–water partition coefficient (Wildman–Crippen LogP) is 0.739. The van der Waals surface area contributed by atoms with Crippen LogP contribution in [-0.4, -0.2) is 20.0 Å². The lowest BCUT2D eigenvalue weighted by Gasteiger charge is -2.07. The van der Waals surface area contributed by atoms with Crippen molar-refractivity contribution in [1.29, 1.82) is 0 Å². The van der Waals surface area contributed by atoms with E-state index in [9.17, 15) is 9.90 Å². The number of aliphatic hydroxyl groups is 1. The summed E-state index contributed by atoms with van der Waals surface area (Å²) in [5, 5.41) is 22.3. The first-order chi connectivity index (χ1) is 8.11. The average molecular weight is 232 g/mol. The summed E-state index contributed by atoms with van der Waals surface area (Å²) in [7, 11) is 0. The molecule has 0 saturated heterocycles. The van der Waals surface area contributed by atoms with Crippen LogP contribution in [0.5, 0.6) is 5.75 Å². The number of nitrogens with zero attached hydrogens (tertiary/aromatic N) is 2. The van der Waals surface area contributed by atoms with Crippen molar-refractivity contribution in [3.63, 3.8) is 0 Å². The highest BCUT2D eigenvalue weighted by Gasteiger charge is 2.08. The van der Waals surface area contributed by atoms with E-state index < -0.39 is 12.2 Å². The lowest BCUT2D eigenvalue weighted by Crippen LogP contribution is -2.21. The molecule has 0 saturated carbocycles. The van der Waals surface area contributed by atoms with Gasteiger partial charge in [-0.3, -0.25) is 4.79 Å². The van der Waals surface area contributed by atoms with Gasteiger partial charge in [-0.2, -0.15) is 9.78 Å². The zero-order valence-corrected chi connectivity index (χ0v) is 9.29. The van der Waals surface area contributed by atoms with E-state index in [1.165, 1.54) is 0 Å². The van der Waals surface area contributed by atoms with Crippen LogP contribution in [0.2, 0.25) is 0 Å². The van der Waals surface area contributed by atoms with Gasteiger partial charge in [0.15, 0.2) is 0 Å². The SMILES string of the molecule is Cc1cccc(-n2nc(CO)c(O)cc2=O)c1. The fourth-order valence-electron chi connectivity index (χ4n) is 1.54. The van der Waals surface area contributed by atoms with E-state index in [0.29, 0.717) is 5.69 Å². The summed E-state index contributed by atoms with van der Waals surface area (Å²) in [5.74, 6) is -0.290. The van der Waals surface area contributed by atoms with Crippen LogP contribution < -0.4 is 5.56 Å². The summed E-state index contributed by atoms with van der Waals surface area (Å²) in [5.41, 5.74) is 1.23. The summed E-state index contributed by atoms with van der Waals surface area (Å²) in [6, 6.07) is 8.29. The van der Waals surface area contributed by atoms with Crippen molar-refractivity contribution >= 4 is 0 Å². The Morgan fingerprint density at radius 3 is 2.76 bits per heavy atom. The van der Waals surface area contributed by atoms with Crippen LogP contribution in [0.15, 0.2) is 35.1 Å². The van der Waals surface area contributed by atoms with Crippen LogP contribution >= 0.6 is 0 Å². The molecule has 0 atom stereocenters. The molecule has 0 fully saturated rings. The van der Waals surface area contributed by atoms with Crippen molar-refractivity contribution in [2.24, 2.45) is 0 Å². The average Bonchev–Trinajstić information content (AvgIpc) is 2.29. The summed E-state index contributed by atoms with van der Waals surface area (Å²) < 4.78 is 1.15. The maximum absolute atomic E-state index is 11.7. The molecule has 1 aromatic heterocycles. The first-order valence-electron chi connectivity index (χ1n) is 5.12. The Morgan fingerprint density at radius 2 is 2.12 bits per heavy atom. The maximum Gasteiger partial charge on any atom is 0.275 e. The van der Waals surface area contributed by atoms with Crippen LogP contribution in [0.3, 0.4) is 0 Å². The molecule has 5 nitrogen and oxygen atoms in total. The lowest BCUT2D eigenvalue weighted by atomic mass is 10.2. The Morgan fingerprint density at radius 1 is 1.35 bits per heavy atom. The molecular weight excluding hydrogens is 220 g/mol. The number of aromatic hydroxyl groups is 1. The highest BCUT2D eigenvalue weighted by atomic mass is 16.3. The van der Waals surface area contributed by atoms with Crippen molar-refractivity contribution in [3.05, 3.63) is 51.9 Å². The third-order valence-electron chi connectivity index (χ3n) is 2.38. The van der Waals surface area contributed by atoms with Crippen molar-refractivity contribution in [1.82, 2.24) is 9.78 Å². The van der Waals surface area contributed by atoms with Crippen LogP contribution in [0, 0.1) is 6.92 Å². The highest BCUT2D eigenvalue weighted by Crippen LogP contribution is 2.12. The summed E-state index contributed by atoms with van der Waals surface area (Å²) >= 11 is 0. The normalized spacial score (nSPS) is 10.5. The van der Waals surface area contributed by atoms with Crippen molar-refractivity contribution < 1.29 is 10.2 Å². The molecule has 0 radical (unpaired) electrons. The lowest BCUT2D eigenvalue weighted by molar-refractivity contribution is 0.266. The zero-order chi connectivity index (χ0) is 12.4. The van der Waals surface area contributed by atoms with E-state index in [0.717, 1.165) is 16.3 Å². The fourth-order valence-corrected chi connectivity index (χ4v) is 1.54. The first-order valence-corrected chi connectivity index (χ1v) is 5.12. The minimum Gasteiger partial charge on any atom is -0.506 e. The molecular formula is C12H12N2O3. The quantitative estimate of drug-likeness (QED) is 0.800. The second-order valence-electron chi connectivity index (χ2n) is 3.72. The third-order valence-corrected chi connectivity index (χ3v) is 2.38. The molecule has 0 spiro atoms. The number of hydrogen-bond acceptors (Lipinski definition) is 4. The molecule has 2 rings (SSSR count). The Kier molecular flexibility index (Phi) is 2.93. The molecule has 0 aliphatic carbocycles. The minimum absolute atomic E-state index is 0.0751. The summed E-state index contributed by atoms with van der Waals surface area (Å²) in [6.07, 6.45) is 0. The molecule has 1 aromatic carbocycles. The maximum atomic E-state index is 11.7. The van der Waals surface area contributed by atoms with Crippen molar-refractivity contribution in [2.45, 2.75) is 13.5 Å². The molecule has 2 aromatic rings. The smallest absolute Gasteiger partial charge is 0.275 e. The van der Waals surface area contributed by atoms with Crippen LogP contribution in [0.25, 0.3) is 5.69 Å². The third kappa shape index (κ3) is 2.19. The van der Waals surface area contributed by atoms with E-state index in [1.807, 2.05) is 19.1 Å². The van der Waals surface area contributed by atoms with Gasteiger partial charge in [-0.1, -0.05) is 12.1 Å². The summed E-state index contributed by atoms with van der Waals surface area (Å²) in [6.45, 7) is 1.49. The first kappa shape index (κ1) is 11.3. The van der Waals surface area contributed by atoms with E-state index in [-0.39, 0.29) is 11.4 Å². The molecule has 0 unspecified atom stereocenters. The van der Waals surface area contributed by atoms with Gasteiger partial charge in [0, 0.05) is 6.07 Å². The number of rotatable bonds is 2. The largest absolute Gasteiger partial charge is 0.506 e. The van der Waals surface area contributed by atoms with Gasteiger partial charge in [-0.05, 0) is 24.6 Å². The number of hydrogen-bond donors (Lipinski definition) is 2. The monoisotopic (exact) mass is 232 g/mol. The van der Waals surface area contributed by atoms with Crippen LogP contribution in [0.4, 0.5) is 0 Å². The van der Waals surface area contributed by atoms with Gasteiger partial charge in [0.05, 0.1) is 12.3 Å². The van der Waals surface area contributed by atoms with Crippen LogP contribution in [0.1, 0.15) is 11.3 Å². The second-order valence-corrected chi connectivity index (χ2v) is 3.72. The molecule has 0 amide bonds. The molecule has 88 valence electrons. The predicted molar refractivity (Wildman–Crippen MR) is 62.2 cm³/mol. The van der Waals surface area contributed by atoms with E-state index >= 15 is 0 Å². The molecule has 0 aliphatic heterocycles. The number of benzene rings is 1. The van der Waals surface area contributed by atoms with E-state index in [4.69, 9.17) is 5.11 Å². The van der Waals surface area contributed by atoms with Crippen LogP contribution in [-0.2, 0) is 6.61 Å². The second kappa shape index (κ2) is 4.39. The molecule has 2 N–H and O–H groups in total. The zero-order valence-electron chi connectivity index (χ0n) is 9.29. The highest BCUT2D eigenvalue weighted by molar-refractivity contribution is 5.35. The van der Waals surface area contributed by atoms with Gasteiger partial charge in [0.2, 0.25) is 0 Å². The topological polar surface area (TPSA) is 75.3 Å². The van der Waals surface area contributed by atoms with Gasteiger partial charge in [-0.25, -0.2) is 0 Å². The number of aryl methyl sites for hydroxylation is 1. The van der Waals surface area contributed by atoms with Crippen molar-refractivity contribution in [2.75, 3.05) is 0 Å². The molecule has 5 heteroatoms. The Bertz CT molecular complexity index is 605. The summed E-state index contributed by atoms with van der Waals surface area (Å²) in [4.78, 5) is 11.7. The molecule has 1 heterocycles. The Labute approximate surface area is 97.6 Å². The molecule has 0 aliphatic rings. The van der Waals surface area contributed by atoms with Crippen molar-refractivity contribution in [3.8, 4) is 11.4 Å². The standard InChI is InChI=1S/C12H12N2O3/c1-8-3-2-4-9(5-8)14-12(17)6-11(16)10(7-15)13-14/h2-6,15-16H,7H2,1H3. The number of aromatic nitrogens is 2. The van der Waals surface area contributed by atoms with Gasteiger partial charge in [-0.15, -0.1) is 0 Å².